The molecule has 0 aromatic carbocycles. The van der Waals surface area contributed by atoms with Gasteiger partial charge in [-0.2, -0.15) is 0 Å². The van der Waals surface area contributed by atoms with Crippen LogP contribution in [0.1, 0.15) is 12.0 Å². The third-order valence-electron chi connectivity index (χ3n) is 2.42. The van der Waals surface area contributed by atoms with Gasteiger partial charge in [-0.05, 0) is 40.9 Å². The van der Waals surface area contributed by atoms with E-state index in [2.05, 4.69) is 20.9 Å². The molecule has 82 valence electrons. The number of aryl methyl sites for hydroxylation is 1. The van der Waals surface area contributed by atoms with Crippen LogP contribution in [0.4, 0.5) is 0 Å². The molecule has 1 unspecified atom stereocenters. The predicted octanol–water partition coefficient (Wildman–Crippen LogP) is 2.57. The standard InChI is InChI=1S/C11H14BrNO2/c1-8-4-10(12)11(13-5-8)15-7-9-2-3-14-6-9/h4-5,9H,2-3,6-7H2,1H3. The fourth-order valence-electron chi connectivity index (χ4n) is 1.54. The van der Waals surface area contributed by atoms with Gasteiger partial charge in [-0.15, -0.1) is 0 Å². The highest BCUT2D eigenvalue weighted by atomic mass is 79.9. The second-order valence-electron chi connectivity index (χ2n) is 3.84. The predicted molar refractivity (Wildman–Crippen MR) is 61.1 cm³/mol. The molecular weight excluding hydrogens is 258 g/mol. The molecule has 3 nitrogen and oxygen atoms in total. The van der Waals surface area contributed by atoms with Gasteiger partial charge >= 0.3 is 0 Å². The summed E-state index contributed by atoms with van der Waals surface area (Å²) in [6, 6.07) is 2.01. The number of hydrogen-bond acceptors (Lipinski definition) is 3. The Balaban J connectivity index is 1.92. The zero-order valence-corrected chi connectivity index (χ0v) is 10.3. The van der Waals surface area contributed by atoms with Crippen LogP contribution in [-0.4, -0.2) is 24.8 Å². The van der Waals surface area contributed by atoms with Gasteiger partial charge in [0.15, 0.2) is 0 Å². The van der Waals surface area contributed by atoms with Crippen molar-refractivity contribution in [1.29, 1.82) is 0 Å². The molecule has 1 aromatic rings. The molecule has 1 saturated heterocycles. The molecule has 0 aliphatic carbocycles. The topological polar surface area (TPSA) is 31.4 Å². The van der Waals surface area contributed by atoms with Crippen LogP contribution in [0, 0.1) is 12.8 Å². The number of rotatable bonds is 3. The van der Waals surface area contributed by atoms with Crippen molar-refractivity contribution in [2.45, 2.75) is 13.3 Å². The van der Waals surface area contributed by atoms with Gasteiger partial charge in [0.25, 0.3) is 0 Å². The van der Waals surface area contributed by atoms with E-state index in [4.69, 9.17) is 9.47 Å². The van der Waals surface area contributed by atoms with Crippen molar-refractivity contribution in [1.82, 2.24) is 4.98 Å². The van der Waals surface area contributed by atoms with Crippen molar-refractivity contribution >= 4 is 15.9 Å². The first-order chi connectivity index (χ1) is 7.25. The summed E-state index contributed by atoms with van der Waals surface area (Å²) >= 11 is 3.44. The van der Waals surface area contributed by atoms with Crippen LogP contribution in [0.25, 0.3) is 0 Å². The van der Waals surface area contributed by atoms with Crippen molar-refractivity contribution in [3.8, 4) is 5.88 Å². The molecule has 4 heteroatoms. The number of ether oxygens (including phenoxy) is 2. The van der Waals surface area contributed by atoms with E-state index in [1.54, 1.807) is 0 Å². The van der Waals surface area contributed by atoms with Gasteiger partial charge in [-0.1, -0.05) is 0 Å². The minimum absolute atomic E-state index is 0.514. The molecule has 0 bridgehead atoms. The summed E-state index contributed by atoms with van der Waals surface area (Å²) in [6.07, 6.45) is 2.90. The van der Waals surface area contributed by atoms with Crippen molar-refractivity contribution in [2.24, 2.45) is 5.92 Å². The minimum atomic E-state index is 0.514. The molecule has 0 amide bonds. The Hall–Kier alpha value is -0.610. The molecule has 0 radical (unpaired) electrons. The average Bonchev–Trinajstić information content (AvgIpc) is 2.69. The van der Waals surface area contributed by atoms with E-state index in [9.17, 15) is 0 Å². The highest BCUT2D eigenvalue weighted by Crippen LogP contribution is 2.24. The first-order valence-electron chi connectivity index (χ1n) is 5.08. The smallest absolute Gasteiger partial charge is 0.227 e. The van der Waals surface area contributed by atoms with E-state index in [0.717, 1.165) is 29.7 Å². The first-order valence-corrected chi connectivity index (χ1v) is 5.87. The Morgan fingerprint density at radius 3 is 3.20 bits per heavy atom. The summed E-state index contributed by atoms with van der Waals surface area (Å²) in [5.74, 6) is 1.19. The summed E-state index contributed by atoms with van der Waals surface area (Å²) in [6.45, 7) is 4.36. The SMILES string of the molecule is Cc1cnc(OCC2CCOC2)c(Br)c1. The summed E-state index contributed by atoms with van der Waals surface area (Å²) in [4.78, 5) is 4.23. The lowest BCUT2D eigenvalue weighted by Gasteiger charge is -2.10. The number of halogens is 1. The van der Waals surface area contributed by atoms with Crippen LogP contribution in [0.3, 0.4) is 0 Å². The third-order valence-corrected chi connectivity index (χ3v) is 2.99. The molecule has 1 atom stereocenters. The molecule has 0 spiro atoms. The molecule has 0 N–H and O–H groups in total. The molecule has 2 heterocycles. The maximum absolute atomic E-state index is 5.64. The van der Waals surface area contributed by atoms with E-state index in [0.29, 0.717) is 18.4 Å². The number of pyridine rings is 1. The van der Waals surface area contributed by atoms with E-state index in [1.165, 1.54) is 0 Å². The lowest BCUT2D eigenvalue weighted by atomic mass is 10.1. The Labute approximate surface area is 97.9 Å². The Morgan fingerprint density at radius 2 is 2.53 bits per heavy atom. The molecule has 1 aliphatic heterocycles. The molecule has 1 aromatic heterocycles. The monoisotopic (exact) mass is 271 g/mol. The Morgan fingerprint density at radius 1 is 1.67 bits per heavy atom. The van der Waals surface area contributed by atoms with Gasteiger partial charge in [0.1, 0.15) is 0 Å². The zero-order valence-electron chi connectivity index (χ0n) is 8.70. The van der Waals surface area contributed by atoms with Crippen LogP contribution in [0.15, 0.2) is 16.7 Å². The molecule has 1 aliphatic rings. The van der Waals surface area contributed by atoms with Crippen LogP contribution in [-0.2, 0) is 4.74 Å². The van der Waals surface area contributed by atoms with E-state index >= 15 is 0 Å². The highest BCUT2D eigenvalue weighted by molar-refractivity contribution is 9.10. The zero-order chi connectivity index (χ0) is 10.7. The fraction of sp³-hybridized carbons (Fsp3) is 0.545. The van der Waals surface area contributed by atoms with Gasteiger partial charge in [0.05, 0.1) is 17.7 Å². The van der Waals surface area contributed by atoms with Gasteiger partial charge in [-0.3, -0.25) is 0 Å². The maximum atomic E-state index is 5.64. The van der Waals surface area contributed by atoms with Crippen LogP contribution >= 0.6 is 15.9 Å². The van der Waals surface area contributed by atoms with Gasteiger partial charge in [0.2, 0.25) is 5.88 Å². The second kappa shape index (κ2) is 4.94. The molecule has 15 heavy (non-hydrogen) atoms. The van der Waals surface area contributed by atoms with Gasteiger partial charge in [0, 0.05) is 18.7 Å². The van der Waals surface area contributed by atoms with Crippen molar-refractivity contribution in [2.75, 3.05) is 19.8 Å². The summed E-state index contributed by atoms with van der Waals surface area (Å²) in [5.41, 5.74) is 1.12. The normalized spacial score (nSPS) is 20.5. The lowest BCUT2D eigenvalue weighted by Crippen LogP contribution is -2.12. The van der Waals surface area contributed by atoms with Gasteiger partial charge in [-0.25, -0.2) is 4.98 Å². The number of nitrogens with zero attached hydrogens (tertiary/aromatic N) is 1. The molecular formula is C11H14BrNO2. The summed E-state index contributed by atoms with van der Waals surface area (Å²) < 4.78 is 11.8. The fourth-order valence-corrected chi connectivity index (χ4v) is 2.12. The summed E-state index contributed by atoms with van der Waals surface area (Å²) in [7, 11) is 0. The Kier molecular flexibility index (Phi) is 3.59. The first kappa shape index (κ1) is 10.9. The van der Waals surface area contributed by atoms with Crippen LogP contribution in [0.5, 0.6) is 5.88 Å². The van der Waals surface area contributed by atoms with Gasteiger partial charge < -0.3 is 9.47 Å². The van der Waals surface area contributed by atoms with Crippen molar-refractivity contribution < 1.29 is 9.47 Å². The molecule has 1 fully saturated rings. The second-order valence-corrected chi connectivity index (χ2v) is 4.69. The quantitative estimate of drug-likeness (QED) is 0.847. The largest absolute Gasteiger partial charge is 0.476 e. The van der Waals surface area contributed by atoms with E-state index < -0.39 is 0 Å². The average molecular weight is 272 g/mol. The van der Waals surface area contributed by atoms with Crippen molar-refractivity contribution in [3.63, 3.8) is 0 Å². The highest BCUT2D eigenvalue weighted by Gasteiger charge is 2.16. The number of aromatic nitrogens is 1. The maximum Gasteiger partial charge on any atom is 0.227 e. The minimum Gasteiger partial charge on any atom is -0.476 e. The van der Waals surface area contributed by atoms with Crippen molar-refractivity contribution in [3.05, 3.63) is 22.3 Å². The summed E-state index contributed by atoms with van der Waals surface area (Å²) in [5, 5.41) is 0. The van der Waals surface area contributed by atoms with Crippen LogP contribution < -0.4 is 4.74 Å². The van der Waals surface area contributed by atoms with E-state index in [1.807, 2.05) is 19.2 Å². The lowest BCUT2D eigenvalue weighted by molar-refractivity contribution is 0.165. The number of hydrogen-bond donors (Lipinski definition) is 0. The Bertz CT molecular complexity index is 337. The molecule has 2 rings (SSSR count). The molecule has 0 saturated carbocycles. The van der Waals surface area contributed by atoms with E-state index in [-0.39, 0.29) is 0 Å². The van der Waals surface area contributed by atoms with Crippen LogP contribution in [0.2, 0.25) is 0 Å². The third kappa shape index (κ3) is 2.92.